The monoisotopic (exact) mass is 309 g/mol. The van der Waals surface area contributed by atoms with E-state index < -0.39 is 5.51 Å². The average Bonchev–Trinajstić information content (AvgIpc) is 2.88. The van der Waals surface area contributed by atoms with Gasteiger partial charge in [-0.15, -0.1) is 0 Å². The van der Waals surface area contributed by atoms with Crippen LogP contribution >= 0.6 is 11.9 Å². The third kappa shape index (κ3) is 3.33. The van der Waals surface area contributed by atoms with Gasteiger partial charge < -0.3 is 9.14 Å². The molecule has 21 heavy (non-hydrogen) atoms. The van der Waals surface area contributed by atoms with E-state index in [-0.39, 0.29) is 11.9 Å². The molecule has 1 aromatic heterocycles. The molecule has 2 nitrogen and oxygen atoms in total. The Bertz CT molecular complexity index is 752. The first kappa shape index (κ1) is 13.9. The van der Waals surface area contributed by atoms with E-state index in [1.807, 2.05) is 36.4 Å². The smallest absolute Gasteiger partial charge is 0.456 e. The average molecular weight is 309 g/mol. The molecule has 0 saturated heterocycles. The molecule has 3 aromatic rings. The van der Waals surface area contributed by atoms with E-state index in [0.29, 0.717) is 17.0 Å². The number of rotatable bonds is 3. The molecule has 0 unspecified atom stereocenters. The van der Waals surface area contributed by atoms with E-state index in [9.17, 15) is 13.2 Å². The number of hydrogen-bond acceptors (Lipinski definition) is 3. The van der Waals surface area contributed by atoms with Gasteiger partial charge >= 0.3 is 5.51 Å². The number of benzene rings is 2. The van der Waals surface area contributed by atoms with Gasteiger partial charge in [-0.05, 0) is 24.3 Å². The van der Waals surface area contributed by atoms with Crippen LogP contribution in [0.2, 0.25) is 0 Å². The summed E-state index contributed by atoms with van der Waals surface area (Å²) in [4.78, 5) is 0. The second-order valence-corrected chi connectivity index (χ2v) is 5.25. The summed E-state index contributed by atoms with van der Waals surface area (Å²) in [6.07, 6.45) is 0. The summed E-state index contributed by atoms with van der Waals surface area (Å²) in [6, 6.07) is 16.2. The van der Waals surface area contributed by atoms with Crippen LogP contribution in [-0.4, -0.2) is 5.51 Å². The Labute approximate surface area is 123 Å². The highest BCUT2D eigenvalue weighted by Gasteiger charge is 2.28. The van der Waals surface area contributed by atoms with Crippen LogP contribution in [0.4, 0.5) is 18.9 Å². The van der Waals surface area contributed by atoms with Gasteiger partial charge in [-0.1, -0.05) is 30.3 Å². The molecular formula is C15H10F3NOS. The van der Waals surface area contributed by atoms with Gasteiger partial charge in [-0.2, -0.15) is 13.2 Å². The third-order valence-corrected chi connectivity index (χ3v) is 3.43. The molecule has 0 fully saturated rings. The summed E-state index contributed by atoms with van der Waals surface area (Å²) in [5, 5.41) is 0.752. The highest BCUT2D eigenvalue weighted by atomic mass is 32.2. The number of halogens is 3. The lowest BCUT2D eigenvalue weighted by molar-refractivity contribution is -0.0323. The zero-order valence-corrected chi connectivity index (χ0v) is 11.5. The molecule has 0 atom stereocenters. The number of alkyl halides is 3. The molecule has 6 heteroatoms. The van der Waals surface area contributed by atoms with E-state index in [0.717, 1.165) is 10.9 Å². The largest absolute Gasteiger partial charge is 0.461 e. The van der Waals surface area contributed by atoms with Crippen molar-refractivity contribution in [3.05, 3.63) is 54.6 Å². The lowest BCUT2D eigenvalue weighted by atomic mass is 10.1. The molecule has 0 aliphatic heterocycles. The van der Waals surface area contributed by atoms with Crippen molar-refractivity contribution in [2.45, 2.75) is 5.51 Å². The first-order valence-electron chi connectivity index (χ1n) is 6.11. The lowest BCUT2D eigenvalue weighted by Crippen LogP contribution is -2.04. The minimum absolute atomic E-state index is 0.282. The lowest BCUT2D eigenvalue weighted by Gasteiger charge is -2.07. The molecule has 0 amide bonds. The van der Waals surface area contributed by atoms with Crippen LogP contribution in [-0.2, 0) is 0 Å². The van der Waals surface area contributed by atoms with Gasteiger partial charge in [-0.3, -0.25) is 0 Å². The van der Waals surface area contributed by atoms with E-state index in [2.05, 4.69) is 4.72 Å². The number of fused-ring (bicyclic) bond motifs is 1. The van der Waals surface area contributed by atoms with Crippen LogP contribution in [0.3, 0.4) is 0 Å². The first-order valence-corrected chi connectivity index (χ1v) is 6.93. The van der Waals surface area contributed by atoms with Crippen molar-refractivity contribution in [2.24, 2.45) is 0 Å². The maximum Gasteiger partial charge on any atom is 0.461 e. The minimum Gasteiger partial charge on any atom is -0.456 e. The van der Waals surface area contributed by atoms with E-state index in [1.165, 1.54) is 0 Å². The van der Waals surface area contributed by atoms with Crippen molar-refractivity contribution in [2.75, 3.05) is 4.72 Å². The molecule has 0 radical (unpaired) electrons. The molecule has 0 saturated carbocycles. The Morgan fingerprint density at radius 1 is 0.952 bits per heavy atom. The Kier molecular flexibility index (Phi) is 3.55. The molecule has 0 aliphatic rings. The first-order chi connectivity index (χ1) is 10.0. The predicted octanol–water partition coefficient (Wildman–Crippen LogP) is 5.68. The molecule has 2 aromatic carbocycles. The Hall–Kier alpha value is -2.08. The van der Waals surface area contributed by atoms with Crippen molar-refractivity contribution >= 4 is 28.6 Å². The van der Waals surface area contributed by atoms with Crippen LogP contribution in [0.25, 0.3) is 22.3 Å². The van der Waals surface area contributed by atoms with Crippen molar-refractivity contribution < 1.29 is 17.6 Å². The number of anilines is 1. The molecule has 0 spiro atoms. The fourth-order valence-electron chi connectivity index (χ4n) is 1.97. The Balaban J connectivity index is 1.89. The molecule has 3 rings (SSSR count). The van der Waals surface area contributed by atoms with Crippen LogP contribution in [0.5, 0.6) is 0 Å². The van der Waals surface area contributed by atoms with Crippen molar-refractivity contribution in [1.82, 2.24) is 0 Å². The van der Waals surface area contributed by atoms with Crippen LogP contribution < -0.4 is 4.72 Å². The predicted molar refractivity (Wildman–Crippen MR) is 78.9 cm³/mol. The molecule has 1 N–H and O–H groups in total. The van der Waals surface area contributed by atoms with Crippen LogP contribution in [0, 0.1) is 0 Å². The summed E-state index contributed by atoms with van der Waals surface area (Å²) in [5.41, 5.74) is -2.38. The molecular weight excluding hydrogens is 299 g/mol. The topological polar surface area (TPSA) is 25.2 Å². The minimum atomic E-state index is -4.32. The molecule has 0 bridgehead atoms. The van der Waals surface area contributed by atoms with Crippen molar-refractivity contribution in [1.29, 1.82) is 0 Å². The van der Waals surface area contributed by atoms with Gasteiger partial charge in [0.15, 0.2) is 0 Å². The molecule has 108 valence electrons. The normalized spacial score (nSPS) is 11.8. The van der Waals surface area contributed by atoms with E-state index in [1.54, 1.807) is 18.2 Å². The number of furan rings is 1. The van der Waals surface area contributed by atoms with Crippen LogP contribution in [0.15, 0.2) is 59.0 Å². The van der Waals surface area contributed by atoms with Gasteiger partial charge in [0.25, 0.3) is 0 Å². The van der Waals surface area contributed by atoms with Gasteiger partial charge in [0.2, 0.25) is 0 Å². The number of hydrogen-bond donors (Lipinski definition) is 1. The third-order valence-electron chi connectivity index (χ3n) is 2.86. The summed E-state index contributed by atoms with van der Waals surface area (Å²) in [7, 11) is 0. The summed E-state index contributed by atoms with van der Waals surface area (Å²) >= 11 is -0.282. The van der Waals surface area contributed by atoms with Gasteiger partial charge in [-0.25, -0.2) is 0 Å². The second-order valence-electron chi connectivity index (χ2n) is 4.38. The van der Waals surface area contributed by atoms with Gasteiger partial charge in [0.1, 0.15) is 11.3 Å². The standard InChI is InChI=1S/C15H10F3NOS/c16-15(17,18)21-19-12-6-7-13-11(8-12)9-14(20-13)10-4-2-1-3-5-10/h1-9,19H. The van der Waals surface area contributed by atoms with Crippen LogP contribution in [0.1, 0.15) is 0 Å². The molecule has 0 aliphatic carbocycles. The Morgan fingerprint density at radius 3 is 2.43 bits per heavy atom. The maximum atomic E-state index is 12.2. The fourth-order valence-corrected chi connectivity index (χ4v) is 2.33. The maximum absolute atomic E-state index is 12.2. The SMILES string of the molecule is FC(F)(F)SNc1ccc2oc(-c3ccccc3)cc2c1. The van der Waals surface area contributed by atoms with Gasteiger partial charge in [0, 0.05) is 16.6 Å². The highest BCUT2D eigenvalue weighted by Crippen LogP contribution is 2.33. The fraction of sp³-hybridized carbons (Fsp3) is 0.0667. The number of nitrogens with one attached hydrogen (secondary N) is 1. The second kappa shape index (κ2) is 5.37. The summed E-state index contributed by atoms with van der Waals surface area (Å²) in [6.45, 7) is 0. The summed E-state index contributed by atoms with van der Waals surface area (Å²) in [5.74, 6) is 0.686. The summed E-state index contributed by atoms with van der Waals surface area (Å²) < 4.78 is 44.5. The van der Waals surface area contributed by atoms with Crippen molar-refractivity contribution in [3.8, 4) is 11.3 Å². The van der Waals surface area contributed by atoms with E-state index >= 15 is 0 Å². The Morgan fingerprint density at radius 2 is 1.71 bits per heavy atom. The zero-order chi connectivity index (χ0) is 14.9. The zero-order valence-electron chi connectivity index (χ0n) is 10.6. The molecule has 1 heterocycles. The highest BCUT2D eigenvalue weighted by molar-refractivity contribution is 8.01. The quantitative estimate of drug-likeness (QED) is 0.630. The van der Waals surface area contributed by atoms with Crippen molar-refractivity contribution in [3.63, 3.8) is 0 Å². The van der Waals surface area contributed by atoms with Gasteiger partial charge in [0.05, 0.1) is 11.9 Å². The van der Waals surface area contributed by atoms with E-state index in [4.69, 9.17) is 4.42 Å².